The van der Waals surface area contributed by atoms with Gasteiger partial charge in [0.25, 0.3) is 0 Å². The molecule has 0 atom stereocenters. The van der Waals surface area contributed by atoms with Crippen molar-refractivity contribution in [3.8, 4) is 0 Å². The minimum atomic E-state index is 0.424. The van der Waals surface area contributed by atoms with E-state index in [1.54, 1.807) is 0 Å². The van der Waals surface area contributed by atoms with Gasteiger partial charge in [-0.25, -0.2) is 0 Å². The van der Waals surface area contributed by atoms with Crippen LogP contribution in [-0.2, 0) is 0 Å². The molecule has 0 unspecified atom stereocenters. The van der Waals surface area contributed by atoms with Crippen molar-refractivity contribution >= 4 is 11.8 Å². The SMILES string of the molecule is Cc1ccc(SC2=C3C=CC4(C=C3C=C2)CC4)cc1. The minimum absolute atomic E-state index is 0.424. The third-order valence-corrected chi connectivity index (χ3v) is 5.18. The average Bonchev–Trinajstić information content (AvgIpc) is 3.05. The molecule has 1 fully saturated rings. The molecule has 0 N–H and O–H groups in total. The van der Waals surface area contributed by atoms with E-state index in [0.29, 0.717) is 5.41 Å². The Kier molecular flexibility index (Phi) is 2.40. The largest absolute Gasteiger partial charge is 0.0895 e. The molecule has 19 heavy (non-hydrogen) atoms. The van der Waals surface area contributed by atoms with E-state index in [1.165, 1.54) is 39.4 Å². The molecule has 4 rings (SSSR count). The highest BCUT2D eigenvalue weighted by molar-refractivity contribution is 8.03. The summed E-state index contributed by atoms with van der Waals surface area (Å²) >= 11 is 1.87. The molecule has 1 heteroatoms. The van der Waals surface area contributed by atoms with Gasteiger partial charge in [0.1, 0.15) is 0 Å². The first kappa shape index (κ1) is 11.4. The van der Waals surface area contributed by atoms with Gasteiger partial charge in [0.15, 0.2) is 0 Å². The predicted octanol–water partition coefficient (Wildman–Crippen LogP) is 5.19. The fraction of sp³-hybridized carbons (Fsp3) is 0.222. The molecule has 0 radical (unpaired) electrons. The zero-order chi connectivity index (χ0) is 12.9. The summed E-state index contributed by atoms with van der Waals surface area (Å²) in [6.07, 6.45) is 14.4. The first-order chi connectivity index (χ1) is 9.24. The molecule has 3 aliphatic rings. The molecular formula is C18H16S. The van der Waals surface area contributed by atoms with Crippen LogP contribution < -0.4 is 0 Å². The summed E-state index contributed by atoms with van der Waals surface area (Å²) in [6, 6.07) is 8.77. The highest BCUT2D eigenvalue weighted by Crippen LogP contribution is 2.53. The Morgan fingerprint density at radius 1 is 1.00 bits per heavy atom. The Morgan fingerprint density at radius 2 is 1.79 bits per heavy atom. The summed E-state index contributed by atoms with van der Waals surface area (Å²) in [5.41, 5.74) is 4.57. The van der Waals surface area contributed by atoms with Crippen LogP contribution >= 0.6 is 11.8 Å². The lowest BCUT2D eigenvalue weighted by atomic mass is 9.93. The van der Waals surface area contributed by atoms with Crippen LogP contribution in [0.25, 0.3) is 0 Å². The number of aryl methyl sites for hydroxylation is 1. The fourth-order valence-electron chi connectivity index (χ4n) is 2.68. The van der Waals surface area contributed by atoms with Crippen LogP contribution in [0.2, 0.25) is 0 Å². The van der Waals surface area contributed by atoms with Crippen LogP contribution in [0, 0.1) is 12.3 Å². The van der Waals surface area contributed by atoms with E-state index in [9.17, 15) is 0 Å². The van der Waals surface area contributed by atoms with Crippen LogP contribution in [0.3, 0.4) is 0 Å². The van der Waals surface area contributed by atoms with Gasteiger partial charge in [-0.05, 0) is 49.1 Å². The number of thioether (sulfide) groups is 1. The van der Waals surface area contributed by atoms with E-state index >= 15 is 0 Å². The topological polar surface area (TPSA) is 0 Å². The summed E-state index contributed by atoms with van der Waals surface area (Å²) in [4.78, 5) is 2.70. The van der Waals surface area contributed by atoms with E-state index in [-0.39, 0.29) is 0 Å². The van der Waals surface area contributed by atoms with E-state index in [2.05, 4.69) is 61.6 Å². The Bertz CT molecular complexity index is 649. The second-order valence-electron chi connectivity index (χ2n) is 5.69. The molecule has 0 bridgehead atoms. The van der Waals surface area contributed by atoms with E-state index < -0.39 is 0 Å². The van der Waals surface area contributed by atoms with Crippen LogP contribution in [0.15, 0.2) is 75.6 Å². The van der Waals surface area contributed by atoms with Gasteiger partial charge in [-0.2, -0.15) is 0 Å². The minimum Gasteiger partial charge on any atom is -0.0895 e. The second kappa shape index (κ2) is 4.01. The normalized spacial score (nSPS) is 21.8. The molecule has 0 saturated heterocycles. The lowest BCUT2D eigenvalue weighted by Crippen LogP contribution is -1.98. The van der Waals surface area contributed by atoms with Gasteiger partial charge in [0.05, 0.1) is 0 Å². The van der Waals surface area contributed by atoms with Crippen molar-refractivity contribution in [2.24, 2.45) is 5.41 Å². The Hall–Kier alpha value is -1.47. The second-order valence-corrected chi connectivity index (χ2v) is 6.81. The molecule has 0 nitrogen and oxygen atoms in total. The number of allylic oxidation sites excluding steroid dienone is 7. The molecule has 0 amide bonds. The Labute approximate surface area is 118 Å². The molecule has 0 aliphatic heterocycles. The Morgan fingerprint density at radius 3 is 2.53 bits per heavy atom. The fourth-order valence-corrected chi connectivity index (χ4v) is 3.63. The van der Waals surface area contributed by atoms with E-state index in [0.717, 1.165) is 0 Å². The smallest absolute Gasteiger partial charge is 0.0200 e. The standard InChI is InChI=1S/C18H16S/c1-13-2-5-15(6-3-13)19-17-7-4-14-12-18(10-11-18)9-8-16(14)17/h2-9,12H,10-11H2,1H3. The molecular weight excluding hydrogens is 248 g/mol. The maximum atomic E-state index is 2.46. The number of rotatable bonds is 2. The predicted molar refractivity (Wildman–Crippen MR) is 82.1 cm³/mol. The summed E-state index contributed by atoms with van der Waals surface area (Å²) in [6.45, 7) is 2.13. The number of hydrogen-bond donors (Lipinski definition) is 0. The van der Waals surface area contributed by atoms with E-state index in [1.807, 2.05) is 11.8 Å². The third-order valence-electron chi connectivity index (χ3n) is 4.09. The van der Waals surface area contributed by atoms with Gasteiger partial charge in [-0.15, -0.1) is 0 Å². The summed E-state index contributed by atoms with van der Waals surface area (Å²) in [5, 5.41) is 0. The molecule has 1 spiro atoms. The summed E-state index contributed by atoms with van der Waals surface area (Å²) in [5.74, 6) is 0. The molecule has 0 aromatic heterocycles. The van der Waals surface area contributed by atoms with Gasteiger partial charge < -0.3 is 0 Å². The van der Waals surface area contributed by atoms with E-state index in [4.69, 9.17) is 0 Å². The third kappa shape index (κ3) is 2.02. The average molecular weight is 264 g/mol. The maximum Gasteiger partial charge on any atom is 0.0200 e. The van der Waals surface area contributed by atoms with Crippen molar-refractivity contribution in [1.82, 2.24) is 0 Å². The first-order valence-electron chi connectivity index (χ1n) is 6.84. The van der Waals surface area contributed by atoms with Crippen LogP contribution in [-0.4, -0.2) is 0 Å². The van der Waals surface area contributed by atoms with Crippen molar-refractivity contribution in [1.29, 1.82) is 0 Å². The number of benzene rings is 1. The number of hydrogen-bond acceptors (Lipinski definition) is 1. The van der Waals surface area contributed by atoms with Crippen molar-refractivity contribution in [3.05, 3.63) is 76.3 Å². The molecule has 1 aromatic rings. The summed E-state index contributed by atoms with van der Waals surface area (Å²) < 4.78 is 0. The lowest BCUT2D eigenvalue weighted by molar-refractivity contribution is 0.840. The van der Waals surface area contributed by atoms with Gasteiger partial charge in [0.2, 0.25) is 0 Å². The van der Waals surface area contributed by atoms with Crippen molar-refractivity contribution in [2.45, 2.75) is 24.7 Å². The van der Waals surface area contributed by atoms with Crippen molar-refractivity contribution < 1.29 is 0 Å². The van der Waals surface area contributed by atoms with Crippen molar-refractivity contribution in [2.75, 3.05) is 0 Å². The van der Waals surface area contributed by atoms with Gasteiger partial charge in [-0.1, -0.05) is 53.8 Å². The number of fused-ring (bicyclic) bond motifs is 1. The quantitative estimate of drug-likeness (QED) is 0.708. The maximum absolute atomic E-state index is 2.46. The summed E-state index contributed by atoms with van der Waals surface area (Å²) in [7, 11) is 0. The van der Waals surface area contributed by atoms with Gasteiger partial charge in [-0.3, -0.25) is 0 Å². The molecule has 1 saturated carbocycles. The van der Waals surface area contributed by atoms with Crippen molar-refractivity contribution in [3.63, 3.8) is 0 Å². The Balaban J connectivity index is 1.64. The first-order valence-corrected chi connectivity index (χ1v) is 7.65. The molecule has 3 aliphatic carbocycles. The monoisotopic (exact) mass is 264 g/mol. The molecule has 0 heterocycles. The zero-order valence-corrected chi connectivity index (χ0v) is 11.8. The molecule has 94 valence electrons. The zero-order valence-electron chi connectivity index (χ0n) is 11.0. The van der Waals surface area contributed by atoms with Gasteiger partial charge in [0, 0.05) is 15.2 Å². The molecule has 1 aromatic carbocycles. The lowest BCUT2D eigenvalue weighted by Gasteiger charge is -2.14. The van der Waals surface area contributed by atoms with Crippen LogP contribution in [0.4, 0.5) is 0 Å². The van der Waals surface area contributed by atoms with Gasteiger partial charge >= 0.3 is 0 Å². The van der Waals surface area contributed by atoms with Crippen LogP contribution in [0.1, 0.15) is 18.4 Å². The highest BCUT2D eigenvalue weighted by Gasteiger charge is 2.40. The van der Waals surface area contributed by atoms with Crippen LogP contribution in [0.5, 0.6) is 0 Å². The highest BCUT2D eigenvalue weighted by atomic mass is 32.2.